The fraction of sp³-hybridized carbons (Fsp3) is 0.478. The van der Waals surface area contributed by atoms with E-state index in [0.717, 1.165) is 36.5 Å². The van der Waals surface area contributed by atoms with Crippen molar-refractivity contribution in [1.29, 1.82) is 0 Å². The second-order valence-electron chi connectivity index (χ2n) is 8.61. The highest BCUT2D eigenvalue weighted by molar-refractivity contribution is 7.07. The molecule has 7 nitrogen and oxygen atoms in total. The fourth-order valence-corrected chi connectivity index (χ4v) is 3.54. The molecule has 31 heavy (non-hydrogen) atoms. The summed E-state index contributed by atoms with van der Waals surface area (Å²) in [5.41, 5.74) is 3.07. The zero-order valence-corrected chi connectivity index (χ0v) is 20.2. The molecule has 0 saturated heterocycles. The van der Waals surface area contributed by atoms with Crippen molar-refractivity contribution in [3.05, 3.63) is 41.5 Å². The number of likely N-dealkylation sites (N-methyl/N-ethyl adjacent to an activating group) is 1. The molecular weight excluding hydrogens is 410 g/mol. The molecule has 0 N–H and O–H groups in total. The van der Waals surface area contributed by atoms with Crippen LogP contribution in [0.4, 0.5) is 0 Å². The van der Waals surface area contributed by atoms with E-state index >= 15 is 0 Å². The third-order valence-corrected chi connectivity index (χ3v) is 5.71. The van der Waals surface area contributed by atoms with Crippen molar-refractivity contribution in [2.45, 2.75) is 46.5 Å². The summed E-state index contributed by atoms with van der Waals surface area (Å²) in [5.74, 6) is 2.66. The molecule has 0 atom stereocenters. The van der Waals surface area contributed by atoms with Gasteiger partial charge in [-0.2, -0.15) is 9.36 Å². The van der Waals surface area contributed by atoms with Crippen molar-refractivity contribution in [1.82, 2.24) is 24.2 Å². The Balaban J connectivity index is 1.77. The van der Waals surface area contributed by atoms with E-state index in [1.54, 1.807) is 19.5 Å². The second kappa shape index (κ2) is 9.70. The number of aryl methyl sites for hydroxylation is 1. The molecule has 0 unspecified atom stereocenters. The van der Waals surface area contributed by atoms with Crippen LogP contribution in [0.2, 0.25) is 0 Å². The van der Waals surface area contributed by atoms with Gasteiger partial charge in [0.05, 0.1) is 12.7 Å². The summed E-state index contributed by atoms with van der Waals surface area (Å²) in [4.78, 5) is 15.7. The lowest BCUT2D eigenvalue weighted by Crippen LogP contribution is -2.20. The van der Waals surface area contributed by atoms with Crippen molar-refractivity contribution in [2.24, 2.45) is 0 Å². The lowest BCUT2D eigenvalue weighted by atomic mass is 9.96. The van der Waals surface area contributed by atoms with Gasteiger partial charge in [0.1, 0.15) is 5.82 Å². The molecular formula is C23H31N5O2S. The first-order chi connectivity index (χ1) is 14.7. The monoisotopic (exact) mass is 441 g/mol. The summed E-state index contributed by atoms with van der Waals surface area (Å²) < 4.78 is 16.0. The Kier molecular flexibility index (Phi) is 7.23. The van der Waals surface area contributed by atoms with E-state index in [1.165, 1.54) is 17.1 Å². The molecule has 0 aliphatic carbocycles. The Bertz CT molecular complexity index is 1010. The topological polar surface area (TPSA) is 73.3 Å². The molecule has 8 heteroatoms. The van der Waals surface area contributed by atoms with Crippen LogP contribution in [-0.4, -0.2) is 51.5 Å². The number of methoxy groups -OCH3 is 1. The van der Waals surface area contributed by atoms with Crippen molar-refractivity contribution in [2.75, 3.05) is 27.2 Å². The molecule has 0 saturated carbocycles. The van der Waals surface area contributed by atoms with Crippen LogP contribution in [0.25, 0.3) is 11.4 Å². The SMILES string of the molecule is CCN(C)CCc1cc(OC)c(Oc2nc(-c3cnc(C(C)(C)C)nc3)ns2)cc1C. The predicted molar refractivity (Wildman–Crippen MR) is 124 cm³/mol. The van der Waals surface area contributed by atoms with E-state index in [1.807, 2.05) is 6.07 Å². The summed E-state index contributed by atoms with van der Waals surface area (Å²) in [7, 11) is 3.78. The standard InChI is InChI=1S/C23H31N5O2S/c1-8-28(6)10-9-16-12-18(29-7)19(11-15(16)2)30-22-26-20(27-31-22)17-13-24-21(25-14-17)23(3,4)5/h11-14H,8-10H2,1-7H3. The highest BCUT2D eigenvalue weighted by atomic mass is 32.1. The van der Waals surface area contributed by atoms with Gasteiger partial charge in [0.25, 0.3) is 5.19 Å². The van der Waals surface area contributed by atoms with Crippen molar-refractivity contribution in [3.8, 4) is 28.1 Å². The van der Waals surface area contributed by atoms with Crippen LogP contribution >= 0.6 is 11.5 Å². The maximum absolute atomic E-state index is 6.03. The summed E-state index contributed by atoms with van der Waals surface area (Å²) in [6.45, 7) is 12.5. The number of benzene rings is 1. The second-order valence-corrected chi connectivity index (χ2v) is 9.32. The van der Waals surface area contributed by atoms with E-state index < -0.39 is 0 Å². The first-order valence-corrected chi connectivity index (χ1v) is 11.2. The van der Waals surface area contributed by atoms with Gasteiger partial charge in [0.2, 0.25) is 0 Å². The average molecular weight is 442 g/mol. The van der Waals surface area contributed by atoms with Gasteiger partial charge >= 0.3 is 0 Å². The van der Waals surface area contributed by atoms with Crippen molar-refractivity contribution >= 4 is 11.5 Å². The number of aromatic nitrogens is 4. The summed E-state index contributed by atoms with van der Waals surface area (Å²) >= 11 is 1.19. The Labute approximate surface area is 188 Å². The molecule has 2 aromatic heterocycles. The van der Waals surface area contributed by atoms with E-state index in [2.05, 4.69) is 72.0 Å². The Morgan fingerprint density at radius 2 is 1.81 bits per heavy atom. The van der Waals surface area contributed by atoms with Gasteiger partial charge in [0, 0.05) is 35.9 Å². The maximum atomic E-state index is 6.03. The van der Waals surface area contributed by atoms with E-state index in [0.29, 0.717) is 22.5 Å². The van der Waals surface area contributed by atoms with E-state index in [4.69, 9.17) is 9.47 Å². The predicted octanol–water partition coefficient (Wildman–Crippen LogP) is 4.90. The molecule has 0 aliphatic heterocycles. The average Bonchev–Trinajstić information content (AvgIpc) is 3.21. The van der Waals surface area contributed by atoms with Crippen LogP contribution in [0, 0.1) is 6.92 Å². The minimum atomic E-state index is -0.102. The number of nitrogens with zero attached hydrogens (tertiary/aromatic N) is 5. The minimum Gasteiger partial charge on any atom is -0.493 e. The minimum absolute atomic E-state index is 0.102. The first-order valence-electron chi connectivity index (χ1n) is 10.4. The van der Waals surface area contributed by atoms with Gasteiger partial charge in [-0.05, 0) is 50.2 Å². The first kappa shape index (κ1) is 23.1. The molecule has 166 valence electrons. The van der Waals surface area contributed by atoms with Crippen LogP contribution in [0.3, 0.4) is 0 Å². The van der Waals surface area contributed by atoms with Crippen LogP contribution in [0.15, 0.2) is 24.5 Å². The highest BCUT2D eigenvalue weighted by Crippen LogP contribution is 2.36. The third kappa shape index (κ3) is 5.77. The Hall–Kier alpha value is -2.58. The zero-order chi connectivity index (χ0) is 22.6. The van der Waals surface area contributed by atoms with E-state index in [9.17, 15) is 0 Å². The molecule has 0 radical (unpaired) electrons. The molecule has 0 aliphatic rings. The van der Waals surface area contributed by atoms with E-state index in [-0.39, 0.29) is 5.41 Å². The molecule has 2 heterocycles. The van der Waals surface area contributed by atoms with Gasteiger partial charge in [-0.1, -0.05) is 27.7 Å². The lowest BCUT2D eigenvalue weighted by molar-refractivity contribution is 0.355. The van der Waals surface area contributed by atoms with Crippen LogP contribution in [-0.2, 0) is 11.8 Å². The fourth-order valence-electron chi connectivity index (χ4n) is 2.97. The summed E-state index contributed by atoms with van der Waals surface area (Å²) in [6.07, 6.45) is 4.47. The van der Waals surface area contributed by atoms with Crippen LogP contribution < -0.4 is 9.47 Å². The number of rotatable bonds is 8. The Morgan fingerprint density at radius 1 is 1.10 bits per heavy atom. The summed E-state index contributed by atoms with van der Waals surface area (Å²) in [5, 5.41) is 0.450. The number of hydrogen-bond donors (Lipinski definition) is 0. The number of hydrogen-bond acceptors (Lipinski definition) is 8. The Morgan fingerprint density at radius 3 is 2.42 bits per heavy atom. The van der Waals surface area contributed by atoms with Crippen molar-refractivity contribution in [3.63, 3.8) is 0 Å². The molecule has 3 rings (SSSR count). The molecule has 0 spiro atoms. The van der Waals surface area contributed by atoms with Gasteiger partial charge in [-0.15, -0.1) is 0 Å². The van der Waals surface area contributed by atoms with Crippen LogP contribution in [0.5, 0.6) is 16.7 Å². The van der Waals surface area contributed by atoms with Gasteiger partial charge < -0.3 is 14.4 Å². The molecule has 3 aromatic rings. The van der Waals surface area contributed by atoms with Gasteiger partial charge in [0.15, 0.2) is 17.3 Å². The third-order valence-electron chi connectivity index (χ3n) is 5.11. The lowest BCUT2D eigenvalue weighted by Gasteiger charge is -2.16. The number of ether oxygens (including phenoxy) is 2. The molecule has 0 bridgehead atoms. The maximum Gasteiger partial charge on any atom is 0.299 e. The molecule has 1 aromatic carbocycles. The molecule has 0 fully saturated rings. The highest BCUT2D eigenvalue weighted by Gasteiger charge is 2.18. The zero-order valence-electron chi connectivity index (χ0n) is 19.4. The van der Waals surface area contributed by atoms with Crippen molar-refractivity contribution < 1.29 is 9.47 Å². The summed E-state index contributed by atoms with van der Waals surface area (Å²) in [6, 6.07) is 4.05. The smallest absolute Gasteiger partial charge is 0.299 e. The molecule has 0 amide bonds. The van der Waals surface area contributed by atoms with Gasteiger partial charge in [-0.3, -0.25) is 0 Å². The largest absolute Gasteiger partial charge is 0.493 e. The quantitative estimate of drug-likeness (QED) is 0.492. The normalized spacial score (nSPS) is 11.7. The van der Waals surface area contributed by atoms with Crippen LogP contribution in [0.1, 0.15) is 44.6 Å². The van der Waals surface area contributed by atoms with Gasteiger partial charge in [-0.25, -0.2) is 9.97 Å².